The van der Waals surface area contributed by atoms with Crippen LogP contribution >= 0.6 is 11.3 Å². The van der Waals surface area contributed by atoms with Crippen LogP contribution in [0.15, 0.2) is 35.0 Å². The summed E-state index contributed by atoms with van der Waals surface area (Å²) in [4.78, 5) is 0. The largest absolute Gasteiger partial charge is 0.481 e. The maximum absolute atomic E-state index is 5.95. The van der Waals surface area contributed by atoms with Gasteiger partial charge in [-0.15, -0.1) is 11.3 Å². The summed E-state index contributed by atoms with van der Waals surface area (Å²) in [7, 11) is 0. The highest BCUT2D eigenvalue weighted by atomic mass is 32.1. The fourth-order valence-electron chi connectivity index (χ4n) is 1.87. The van der Waals surface area contributed by atoms with E-state index in [-0.39, 0.29) is 6.10 Å². The molecule has 82 valence electrons. The third-order valence-corrected chi connectivity index (χ3v) is 3.54. The van der Waals surface area contributed by atoms with E-state index in [1.54, 1.807) is 11.3 Å². The Morgan fingerprint density at radius 3 is 2.88 bits per heavy atom. The van der Waals surface area contributed by atoms with Crippen LogP contribution in [0.4, 0.5) is 5.69 Å². The second-order valence-electron chi connectivity index (χ2n) is 4.05. The molecule has 1 N–H and O–H groups in total. The molecule has 0 bridgehead atoms. The lowest BCUT2D eigenvalue weighted by atomic mass is 10.1. The van der Waals surface area contributed by atoms with Crippen LogP contribution in [-0.4, -0.2) is 6.54 Å². The van der Waals surface area contributed by atoms with Gasteiger partial charge in [0.2, 0.25) is 0 Å². The zero-order chi connectivity index (χ0) is 11.0. The number of hydrogen-bond acceptors (Lipinski definition) is 3. The van der Waals surface area contributed by atoms with Crippen molar-refractivity contribution in [2.75, 3.05) is 11.9 Å². The molecule has 2 aromatic rings. The molecule has 0 aliphatic carbocycles. The van der Waals surface area contributed by atoms with Crippen molar-refractivity contribution in [3.05, 3.63) is 46.2 Å². The highest BCUT2D eigenvalue weighted by Gasteiger charge is 2.20. The van der Waals surface area contributed by atoms with Gasteiger partial charge in [0.15, 0.2) is 5.75 Å². The topological polar surface area (TPSA) is 21.3 Å². The van der Waals surface area contributed by atoms with Gasteiger partial charge in [0.1, 0.15) is 6.10 Å². The van der Waals surface area contributed by atoms with Gasteiger partial charge in [-0.3, -0.25) is 0 Å². The van der Waals surface area contributed by atoms with Crippen molar-refractivity contribution in [3.63, 3.8) is 0 Å². The Hall–Kier alpha value is -1.48. The van der Waals surface area contributed by atoms with Crippen molar-refractivity contribution >= 4 is 17.0 Å². The van der Waals surface area contributed by atoms with Gasteiger partial charge in [-0.05, 0) is 12.5 Å². The molecule has 1 atom stereocenters. The molecule has 1 unspecified atom stereocenters. The Morgan fingerprint density at radius 1 is 1.25 bits per heavy atom. The highest BCUT2D eigenvalue weighted by molar-refractivity contribution is 7.08. The van der Waals surface area contributed by atoms with E-state index < -0.39 is 0 Å². The smallest absolute Gasteiger partial charge is 0.154 e. The quantitative estimate of drug-likeness (QED) is 0.809. The van der Waals surface area contributed by atoms with E-state index in [1.165, 1.54) is 11.1 Å². The average Bonchev–Trinajstić information content (AvgIpc) is 2.77. The average molecular weight is 231 g/mol. The summed E-state index contributed by atoms with van der Waals surface area (Å²) in [5.74, 6) is 0.974. The van der Waals surface area contributed by atoms with Crippen molar-refractivity contribution in [3.8, 4) is 5.75 Å². The Bertz CT molecular complexity index is 489. The molecule has 0 saturated carbocycles. The Kier molecular flexibility index (Phi) is 2.33. The van der Waals surface area contributed by atoms with E-state index in [4.69, 9.17) is 4.74 Å². The van der Waals surface area contributed by atoms with Crippen molar-refractivity contribution in [2.45, 2.75) is 13.0 Å². The van der Waals surface area contributed by atoms with Gasteiger partial charge in [0.25, 0.3) is 0 Å². The minimum atomic E-state index is 0.127. The second-order valence-corrected chi connectivity index (χ2v) is 4.79. The molecular weight excluding hydrogens is 218 g/mol. The number of fused-ring (bicyclic) bond motifs is 1. The van der Waals surface area contributed by atoms with Crippen LogP contribution in [0.2, 0.25) is 0 Å². The predicted octanol–water partition coefficient (Wildman–Crippen LogP) is 3.60. The van der Waals surface area contributed by atoms with Gasteiger partial charge in [-0.1, -0.05) is 29.8 Å². The van der Waals surface area contributed by atoms with E-state index in [9.17, 15) is 0 Å². The van der Waals surface area contributed by atoms with Crippen molar-refractivity contribution in [1.29, 1.82) is 0 Å². The van der Waals surface area contributed by atoms with Crippen LogP contribution in [0.25, 0.3) is 0 Å². The fourth-order valence-corrected chi connectivity index (χ4v) is 2.58. The Balaban J connectivity index is 1.86. The summed E-state index contributed by atoms with van der Waals surface area (Å²) in [6.45, 7) is 2.94. The summed E-state index contributed by atoms with van der Waals surface area (Å²) in [5, 5.41) is 7.52. The van der Waals surface area contributed by atoms with E-state index in [2.05, 4.69) is 41.9 Å². The van der Waals surface area contributed by atoms with E-state index in [0.717, 1.165) is 18.0 Å². The van der Waals surface area contributed by atoms with E-state index in [0.29, 0.717) is 0 Å². The third-order valence-electron chi connectivity index (χ3n) is 2.82. The van der Waals surface area contributed by atoms with Crippen LogP contribution in [0.1, 0.15) is 17.2 Å². The lowest BCUT2D eigenvalue weighted by Crippen LogP contribution is -2.22. The molecule has 16 heavy (non-hydrogen) atoms. The predicted molar refractivity (Wildman–Crippen MR) is 67.4 cm³/mol. The molecule has 0 radical (unpaired) electrons. The molecule has 2 nitrogen and oxygen atoms in total. The van der Waals surface area contributed by atoms with Crippen molar-refractivity contribution in [1.82, 2.24) is 0 Å². The molecule has 1 aromatic carbocycles. The van der Waals surface area contributed by atoms with Crippen LogP contribution in [-0.2, 0) is 0 Å². The Morgan fingerprint density at radius 2 is 2.06 bits per heavy atom. The summed E-state index contributed by atoms with van der Waals surface area (Å²) < 4.78 is 5.95. The zero-order valence-corrected chi connectivity index (χ0v) is 9.88. The molecule has 3 heteroatoms. The van der Waals surface area contributed by atoms with Crippen molar-refractivity contribution in [2.24, 2.45) is 0 Å². The number of nitrogens with one attached hydrogen (secondary N) is 1. The maximum atomic E-state index is 5.95. The molecule has 3 rings (SSSR count). The molecular formula is C13H13NOS. The number of benzene rings is 1. The first-order valence-electron chi connectivity index (χ1n) is 5.36. The first-order valence-corrected chi connectivity index (χ1v) is 6.30. The monoisotopic (exact) mass is 231 g/mol. The van der Waals surface area contributed by atoms with Crippen LogP contribution in [0, 0.1) is 6.92 Å². The summed E-state index contributed by atoms with van der Waals surface area (Å²) in [6, 6.07) is 8.53. The third kappa shape index (κ3) is 1.67. The highest BCUT2D eigenvalue weighted by Crippen LogP contribution is 2.36. The molecule has 0 spiro atoms. The lowest BCUT2D eigenvalue weighted by Gasteiger charge is -2.25. The number of thiophene rings is 1. The summed E-state index contributed by atoms with van der Waals surface area (Å²) >= 11 is 1.67. The van der Waals surface area contributed by atoms with Gasteiger partial charge < -0.3 is 10.1 Å². The van der Waals surface area contributed by atoms with Gasteiger partial charge in [-0.25, -0.2) is 0 Å². The minimum Gasteiger partial charge on any atom is -0.481 e. The van der Waals surface area contributed by atoms with E-state index in [1.807, 2.05) is 5.38 Å². The number of aryl methyl sites for hydroxylation is 1. The van der Waals surface area contributed by atoms with Gasteiger partial charge in [-0.2, -0.15) is 0 Å². The van der Waals surface area contributed by atoms with Crippen LogP contribution < -0.4 is 10.1 Å². The number of anilines is 1. The standard InChI is InChI=1S/C13H13NOS/c1-9-2-4-10(5-3-9)12-6-14-11-7-16-8-13(11)15-12/h2-5,7-8,12,14H,6H2,1H3. The van der Waals surface area contributed by atoms with Crippen LogP contribution in [0.3, 0.4) is 0 Å². The van der Waals surface area contributed by atoms with E-state index >= 15 is 0 Å². The molecule has 0 saturated heterocycles. The molecule has 0 fully saturated rings. The fraction of sp³-hybridized carbons (Fsp3) is 0.231. The molecule has 2 heterocycles. The summed E-state index contributed by atoms with van der Waals surface area (Å²) in [6.07, 6.45) is 0.127. The first kappa shape index (κ1) is 9.73. The molecule has 1 aliphatic heterocycles. The van der Waals surface area contributed by atoms with Gasteiger partial charge >= 0.3 is 0 Å². The number of ether oxygens (including phenoxy) is 1. The molecule has 1 aromatic heterocycles. The lowest BCUT2D eigenvalue weighted by molar-refractivity contribution is 0.211. The van der Waals surface area contributed by atoms with Gasteiger partial charge in [0.05, 0.1) is 12.2 Å². The normalized spacial score (nSPS) is 18.4. The number of hydrogen-bond donors (Lipinski definition) is 1. The minimum absolute atomic E-state index is 0.127. The van der Waals surface area contributed by atoms with Crippen LogP contribution in [0.5, 0.6) is 5.75 Å². The second kappa shape index (κ2) is 3.83. The van der Waals surface area contributed by atoms with Crippen molar-refractivity contribution < 1.29 is 4.74 Å². The summed E-state index contributed by atoms with van der Waals surface area (Å²) in [5.41, 5.74) is 3.63. The maximum Gasteiger partial charge on any atom is 0.154 e. The number of rotatable bonds is 1. The SMILES string of the molecule is Cc1ccc(C2CNc3cscc3O2)cc1. The Labute approximate surface area is 98.9 Å². The van der Waals surface area contributed by atoms with Gasteiger partial charge in [0, 0.05) is 10.8 Å². The first-order chi connectivity index (χ1) is 7.83. The molecule has 0 amide bonds. The molecule has 1 aliphatic rings. The zero-order valence-electron chi connectivity index (χ0n) is 9.07.